The Hall–Kier alpha value is -2.87. The van der Waals surface area contributed by atoms with E-state index in [1.54, 1.807) is 38.2 Å². The van der Waals surface area contributed by atoms with Gasteiger partial charge in [0.25, 0.3) is 0 Å². The van der Waals surface area contributed by atoms with Crippen molar-refractivity contribution >= 4 is 23.6 Å². The molecule has 1 aromatic carbocycles. The summed E-state index contributed by atoms with van der Waals surface area (Å²) < 4.78 is 10.3. The first-order chi connectivity index (χ1) is 17.4. The number of amides is 3. The van der Waals surface area contributed by atoms with Gasteiger partial charge >= 0.3 is 12.0 Å². The number of unbranched alkanes of at least 4 members (excludes halogenated alkanes) is 8. The van der Waals surface area contributed by atoms with Crippen LogP contribution in [-0.2, 0) is 19.1 Å². The predicted molar refractivity (Wildman–Crippen MR) is 141 cm³/mol. The SMILES string of the molecule is CCCCCCCCCCCC(=O)Nc1ccc(C2NC(=O)N(C)C(C)=C2C(=O)OCCOC)cc1. The Kier molecular flexibility index (Phi) is 13.0. The molecule has 0 aliphatic carbocycles. The highest BCUT2D eigenvalue weighted by molar-refractivity contribution is 5.95. The fraction of sp³-hybridized carbons (Fsp3) is 0.607. The second-order valence-corrected chi connectivity index (χ2v) is 9.32. The first kappa shape index (κ1) is 29.4. The van der Waals surface area contributed by atoms with Crippen LogP contribution in [0.4, 0.5) is 10.5 Å². The van der Waals surface area contributed by atoms with Crippen molar-refractivity contribution in [3.63, 3.8) is 0 Å². The maximum absolute atomic E-state index is 12.8. The number of esters is 1. The summed E-state index contributed by atoms with van der Waals surface area (Å²) in [5.74, 6) is -0.504. The van der Waals surface area contributed by atoms with E-state index in [9.17, 15) is 14.4 Å². The fourth-order valence-electron chi connectivity index (χ4n) is 4.22. The van der Waals surface area contributed by atoms with Crippen LogP contribution in [0.3, 0.4) is 0 Å². The highest BCUT2D eigenvalue weighted by Crippen LogP contribution is 2.31. The molecular formula is C28H43N3O5. The molecule has 0 fully saturated rings. The molecule has 2 rings (SSSR count). The topological polar surface area (TPSA) is 97.0 Å². The molecule has 1 aliphatic rings. The van der Waals surface area contributed by atoms with Gasteiger partial charge in [0.1, 0.15) is 6.61 Å². The lowest BCUT2D eigenvalue weighted by atomic mass is 9.95. The van der Waals surface area contributed by atoms with Crippen molar-refractivity contribution in [2.75, 3.05) is 32.7 Å². The van der Waals surface area contributed by atoms with Crippen LogP contribution in [0.25, 0.3) is 0 Å². The Bertz CT molecular complexity index is 882. The van der Waals surface area contributed by atoms with E-state index in [2.05, 4.69) is 17.6 Å². The molecule has 0 saturated heterocycles. The van der Waals surface area contributed by atoms with E-state index in [4.69, 9.17) is 9.47 Å². The molecular weight excluding hydrogens is 458 g/mol. The van der Waals surface area contributed by atoms with Gasteiger partial charge in [-0.25, -0.2) is 9.59 Å². The predicted octanol–water partition coefficient (Wildman–Crippen LogP) is 5.71. The van der Waals surface area contributed by atoms with Crippen molar-refractivity contribution in [2.24, 2.45) is 0 Å². The Morgan fingerprint density at radius 1 is 0.972 bits per heavy atom. The van der Waals surface area contributed by atoms with E-state index in [1.165, 1.54) is 57.0 Å². The maximum Gasteiger partial charge on any atom is 0.338 e. The third-order valence-corrected chi connectivity index (χ3v) is 6.53. The number of nitrogens with one attached hydrogen (secondary N) is 2. The number of carbonyl (C=O) groups excluding carboxylic acids is 3. The second kappa shape index (κ2) is 16.0. The van der Waals surface area contributed by atoms with Gasteiger partial charge in [-0.2, -0.15) is 0 Å². The van der Waals surface area contributed by atoms with Gasteiger partial charge in [0.15, 0.2) is 0 Å². The summed E-state index contributed by atoms with van der Waals surface area (Å²) in [6.07, 6.45) is 11.4. The summed E-state index contributed by atoms with van der Waals surface area (Å²) in [6.45, 7) is 4.37. The smallest absolute Gasteiger partial charge is 0.338 e. The monoisotopic (exact) mass is 501 g/mol. The number of ether oxygens (including phenoxy) is 2. The van der Waals surface area contributed by atoms with Crippen LogP contribution in [0.5, 0.6) is 0 Å². The Morgan fingerprint density at radius 2 is 1.58 bits per heavy atom. The molecule has 200 valence electrons. The van der Waals surface area contributed by atoms with E-state index in [-0.39, 0.29) is 18.5 Å². The largest absolute Gasteiger partial charge is 0.460 e. The Morgan fingerprint density at radius 3 is 2.19 bits per heavy atom. The highest BCUT2D eigenvalue weighted by Gasteiger charge is 2.35. The molecule has 1 aliphatic heterocycles. The van der Waals surface area contributed by atoms with Gasteiger partial charge in [-0.15, -0.1) is 0 Å². The number of allylic oxidation sites excluding steroid dienone is 1. The fourth-order valence-corrected chi connectivity index (χ4v) is 4.22. The molecule has 0 bridgehead atoms. The third kappa shape index (κ3) is 9.30. The molecule has 1 aromatic rings. The van der Waals surface area contributed by atoms with Gasteiger partial charge in [0, 0.05) is 32.0 Å². The van der Waals surface area contributed by atoms with Crippen molar-refractivity contribution in [1.82, 2.24) is 10.2 Å². The molecule has 36 heavy (non-hydrogen) atoms. The molecule has 8 heteroatoms. The van der Waals surface area contributed by atoms with Crippen LogP contribution in [0.2, 0.25) is 0 Å². The van der Waals surface area contributed by atoms with Gasteiger partial charge in [0.05, 0.1) is 18.2 Å². The lowest BCUT2D eigenvalue weighted by Gasteiger charge is -2.33. The first-order valence-electron chi connectivity index (χ1n) is 13.2. The molecule has 1 unspecified atom stereocenters. The molecule has 8 nitrogen and oxygen atoms in total. The number of carbonyl (C=O) groups is 3. The minimum Gasteiger partial charge on any atom is -0.460 e. The zero-order valence-corrected chi connectivity index (χ0v) is 22.4. The summed E-state index contributed by atoms with van der Waals surface area (Å²) in [4.78, 5) is 38.9. The van der Waals surface area contributed by atoms with Crippen molar-refractivity contribution in [3.05, 3.63) is 41.1 Å². The van der Waals surface area contributed by atoms with E-state index >= 15 is 0 Å². The molecule has 3 amide bonds. The molecule has 1 atom stereocenters. The van der Waals surface area contributed by atoms with Crippen molar-refractivity contribution in [2.45, 2.75) is 84.1 Å². The second-order valence-electron chi connectivity index (χ2n) is 9.32. The molecule has 0 aromatic heterocycles. The molecule has 0 spiro atoms. The van der Waals surface area contributed by atoms with Crippen molar-refractivity contribution in [1.29, 1.82) is 0 Å². The summed E-state index contributed by atoms with van der Waals surface area (Å²) in [5, 5.41) is 5.80. The highest BCUT2D eigenvalue weighted by atomic mass is 16.6. The number of rotatable bonds is 16. The van der Waals surface area contributed by atoms with Crippen LogP contribution in [-0.4, -0.2) is 50.2 Å². The third-order valence-electron chi connectivity index (χ3n) is 6.53. The minimum atomic E-state index is -0.643. The minimum absolute atomic E-state index is 0.00330. The summed E-state index contributed by atoms with van der Waals surface area (Å²) in [6, 6.07) is 6.24. The summed E-state index contributed by atoms with van der Waals surface area (Å²) >= 11 is 0. The van der Waals surface area contributed by atoms with Crippen LogP contribution < -0.4 is 10.6 Å². The van der Waals surface area contributed by atoms with Crippen LogP contribution in [0.1, 0.15) is 89.7 Å². The molecule has 1 heterocycles. The lowest BCUT2D eigenvalue weighted by molar-refractivity contribution is -0.140. The molecule has 0 saturated carbocycles. The zero-order valence-electron chi connectivity index (χ0n) is 22.4. The average molecular weight is 502 g/mol. The van der Waals surface area contributed by atoms with E-state index in [0.717, 1.165) is 18.4 Å². The van der Waals surface area contributed by atoms with Gasteiger partial charge in [-0.1, -0.05) is 70.4 Å². The van der Waals surface area contributed by atoms with Crippen LogP contribution in [0, 0.1) is 0 Å². The van der Waals surface area contributed by atoms with E-state index < -0.39 is 12.0 Å². The van der Waals surface area contributed by atoms with Crippen molar-refractivity contribution < 1.29 is 23.9 Å². The number of urea groups is 1. The van der Waals surface area contributed by atoms with Gasteiger partial charge < -0.3 is 25.0 Å². The first-order valence-corrected chi connectivity index (χ1v) is 13.2. The Labute approximate surface area is 215 Å². The standard InChI is InChI=1S/C28H43N3O5/c1-5-6-7-8-9-10-11-12-13-14-24(32)29-23-17-15-22(16-18-23)26-25(27(33)36-20-19-35-4)21(2)31(3)28(34)30-26/h15-18,26H,5-14,19-20H2,1-4H3,(H,29,32)(H,30,34). The van der Waals surface area contributed by atoms with Gasteiger partial charge in [0.2, 0.25) is 5.91 Å². The molecule has 2 N–H and O–H groups in total. The number of anilines is 1. The Balaban J connectivity index is 1.88. The zero-order chi connectivity index (χ0) is 26.3. The number of methoxy groups -OCH3 is 1. The number of hydrogen-bond acceptors (Lipinski definition) is 5. The van der Waals surface area contributed by atoms with Crippen LogP contribution in [0.15, 0.2) is 35.5 Å². The quantitative estimate of drug-likeness (QED) is 0.223. The number of hydrogen-bond donors (Lipinski definition) is 2. The number of nitrogens with zero attached hydrogens (tertiary/aromatic N) is 1. The number of benzene rings is 1. The summed E-state index contributed by atoms with van der Waals surface area (Å²) in [7, 11) is 3.14. The van der Waals surface area contributed by atoms with Crippen molar-refractivity contribution in [3.8, 4) is 0 Å². The van der Waals surface area contributed by atoms with Crippen LogP contribution >= 0.6 is 0 Å². The molecule has 0 radical (unpaired) electrons. The van der Waals surface area contributed by atoms with Gasteiger partial charge in [-0.05, 0) is 31.0 Å². The summed E-state index contributed by atoms with van der Waals surface area (Å²) in [5.41, 5.74) is 2.31. The van der Waals surface area contributed by atoms with Gasteiger partial charge in [-0.3, -0.25) is 4.79 Å². The lowest BCUT2D eigenvalue weighted by Crippen LogP contribution is -2.46. The van der Waals surface area contributed by atoms with E-state index in [0.29, 0.717) is 30.0 Å². The average Bonchev–Trinajstić information content (AvgIpc) is 2.86. The van der Waals surface area contributed by atoms with E-state index in [1.807, 2.05) is 0 Å². The normalized spacial score (nSPS) is 15.6. The maximum atomic E-state index is 12.8.